The van der Waals surface area contributed by atoms with Gasteiger partial charge in [-0.2, -0.15) is 0 Å². The van der Waals surface area contributed by atoms with E-state index < -0.39 is 0 Å². The molecule has 136 valence electrons. The Labute approximate surface area is 164 Å². The molecule has 0 aliphatic carbocycles. The van der Waals surface area contributed by atoms with Crippen molar-refractivity contribution in [3.05, 3.63) is 68.4 Å². The summed E-state index contributed by atoms with van der Waals surface area (Å²) in [6.07, 6.45) is 1.88. The smallest absolute Gasteiger partial charge is 0.300 e. The molecule has 4 rings (SSSR count). The van der Waals surface area contributed by atoms with E-state index in [4.69, 9.17) is 11.6 Å². The summed E-state index contributed by atoms with van der Waals surface area (Å²) in [5, 5.41) is 3.15. The minimum atomic E-state index is -0.185. The van der Waals surface area contributed by atoms with E-state index in [0.29, 0.717) is 21.5 Å². The largest absolute Gasteiger partial charge is 0.328 e. The van der Waals surface area contributed by atoms with Crippen LogP contribution < -0.4 is 11.0 Å². The van der Waals surface area contributed by atoms with Crippen molar-refractivity contribution < 1.29 is 4.79 Å². The molecule has 8 heteroatoms. The minimum Gasteiger partial charge on any atom is -0.300 e. The Balaban J connectivity index is 1.77. The summed E-state index contributed by atoms with van der Waals surface area (Å²) in [5.74, 6) is 0.481. The molecule has 1 aliphatic rings. The molecule has 1 N–H and O–H groups in total. The highest BCUT2D eigenvalue weighted by atomic mass is 35.5. The Kier molecular flexibility index (Phi) is 4.41. The number of hydrogen-bond donors (Lipinski definition) is 1. The van der Waals surface area contributed by atoms with Crippen LogP contribution in [0.1, 0.15) is 5.56 Å². The number of benzene rings is 2. The number of halogens is 1. The molecule has 0 atom stereocenters. The summed E-state index contributed by atoms with van der Waals surface area (Å²) in [7, 11) is 3.48. The Bertz CT molecular complexity index is 1210. The van der Waals surface area contributed by atoms with Gasteiger partial charge in [-0.05, 0) is 53.7 Å². The van der Waals surface area contributed by atoms with Gasteiger partial charge in [-0.25, -0.2) is 9.79 Å². The number of hydrogen-bond acceptors (Lipinski definition) is 4. The number of amidine groups is 1. The molecule has 0 spiro atoms. The highest BCUT2D eigenvalue weighted by Crippen LogP contribution is 2.29. The fraction of sp³-hybridized carbons (Fsp3) is 0.105. The van der Waals surface area contributed by atoms with Crippen LogP contribution in [0.3, 0.4) is 0 Å². The van der Waals surface area contributed by atoms with Crippen LogP contribution in [0.2, 0.25) is 5.02 Å². The maximum atomic E-state index is 12.1. The lowest BCUT2D eigenvalue weighted by Crippen LogP contribution is -2.19. The van der Waals surface area contributed by atoms with Crippen LogP contribution >= 0.6 is 23.4 Å². The molecule has 27 heavy (non-hydrogen) atoms. The highest BCUT2D eigenvalue weighted by Gasteiger charge is 2.23. The topological polar surface area (TPSA) is 68.4 Å². The van der Waals surface area contributed by atoms with Crippen molar-refractivity contribution in [3.8, 4) is 0 Å². The van der Waals surface area contributed by atoms with Gasteiger partial charge in [-0.1, -0.05) is 23.7 Å². The van der Waals surface area contributed by atoms with Crippen molar-refractivity contribution in [2.24, 2.45) is 19.1 Å². The molecule has 1 aromatic heterocycles. The van der Waals surface area contributed by atoms with Gasteiger partial charge in [0.05, 0.1) is 21.6 Å². The maximum Gasteiger partial charge on any atom is 0.328 e. The molecule has 2 heterocycles. The standard InChI is InChI=1S/C19H15ClN4O2S/c1-23-14-7-6-11(8-15(14)24(2)19(23)26)9-16-17(22-18(25)27-16)21-13-5-3-4-12(20)10-13/h3-10H,1-2H3,(H,21,22,25). The predicted octanol–water partition coefficient (Wildman–Crippen LogP) is 4.06. The van der Waals surface area contributed by atoms with Crippen LogP contribution in [-0.2, 0) is 14.1 Å². The minimum absolute atomic E-state index is 0.0786. The molecule has 1 fully saturated rings. The van der Waals surface area contributed by atoms with Crippen molar-refractivity contribution in [2.45, 2.75) is 0 Å². The number of imidazole rings is 1. The number of fused-ring (bicyclic) bond motifs is 1. The quantitative estimate of drug-likeness (QED) is 0.707. The average molecular weight is 399 g/mol. The lowest BCUT2D eigenvalue weighted by atomic mass is 10.2. The highest BCUT2D eigenvalue weighted by molar-refractivity contribution is 8.18. The lowest BCUT2D eigenvalue weighted by molar-refractivity contribution is 0.265. The van der Waals surface area contributed by atoms with Crippen LogP contribution in [0.5, 0.6) is 0 Å². The fourth-order valence-corrected chi connectivity index (χ4v) is 3.87. The molecule has 0 saturated carbocycles. The second kappa shape index (κ2) is 6.75. The van der Waals surface area contributed by atoms with Crippen molar-refractivity contribution in [1.29, 1.82) is 0 Å². The number of rotatable bonds is 2. The Morgan fingerprint density at radius 1 is 1.07 bits per heavy atom. The van der Waals surface area contributed by atoms with Crippen LogP contribution in [0.15, 0.2) is 57.2 Å². The summed E-state index contributed by atoms with van der Waals surface area (Å²) >= 11 is 7.09. The molecule has 3 aromatic rings. The molecule has 1 aliphatic heterocycles. The van der Waals surface area contributed by atoms with E-state index >= 15 is 0 Å². The van der Waals surface area contributed by atoms with Crippen molar-refractivity contribution in [3.63, 3.8) is 0 Å². The summed E-state index contributed by atoms with van der Waals surface area (Å²) < 4.78 is 3.21. The van der Waals surface area contributed by atoms with Gasteiger partial charge >= 0.3 is 5.69 Å². The number of thioether (sulfide) groups is 1. The third kappa shape index (κ3) is 3.31. The second-order valence-electron chi connectivity index (χ2n) is 6.11. The molecule has 0 radical (unpaired) electrons. The van der Waals surface area contributed by atoms with Gasteiger partial charge in [0.25, 0.3) is 5.24 Å². The summed E-state index contributed by atoms with van der Waals surface area (Å²) in [5.41, 5.74) is 3.14. The normalized spacial score (nSPS) is 17.2. The van der Waals surface area contributed by atoms with Crippen LogP contribution in [0, 0.1) is 0 Å². The zero-order valence-electron chi connectivity index (χ0n) is 14.6. The Morgan fingerprint density at radius 3 is 2.63 bits per heavy atom. The van der Waals surface area contributed by atoms with Crippen LogP contribution in [0.4, 0.5) is 10.5 Å². The van der Waals surface area contributed by atoms with Gasteiger partial charge in [0.2, 0.25) is 0 Å². The number of aliphatic imine (C=N–C) groups is 1. The first-order chi connectivity index (χ1) is 12.9. The lowest BCUT2D eigenvalue weighted by Gasteiger charge is -2.02. The summed E-state index contributed by atoms with van der Waals surface area (Å²) in [4.78, 5) is 29.2. The SMILES string of the molecule is Cn1c(=O)n(C)c2cc(C=C3SC(=O)NC3=Nc3cccc(Cl)c3)ccc21. The van der Waals surface area contributed by atoms with Gasteiger partial charge < -0.3 is 5.32 Å². The van der Waals surface area contributed by atoms with Crippen LogP contribution in [0.25, 0.3) is 17.1 Å². The number of carbonyl (C=O) groups is 1. The molecule has 0 bridgehead atoms. The number of carbonyl (C=O) groups excluding carboxylic acids is 1. The van der Waals surface area contributed by atoms with E-state index in [-0.39, 0.29) is 10.9 Å². The zero-order chi connectivity index (χ0) is 19.1. The van der Waals surface area contributed by atoms with Gasteiger partial charge in [-0.15, -0.1) is 0 Å². The fourth-order valence-electron chi connectivity index (χ4n) is 2.95. The van der Waals surface area contributed by atoms with E-state index in [1.807, 2.05) is 30.3 Å². The summed E-state index contributed by atoms with van der Waals surface area (Å²) in [6.45, 7) is 0. The molecular formula is C19H15ClN4O2S. The number of aromatic nitrogens is 2. The Hall–Kier alpha value is -2.77. The number of nitrogens with zero attached hydrogens (tertiary/aromatic N) is 3. The number of aryl methyl sites for hydroxylation is 2. The molecule has 1 amide bonds. The second-order valence-corrected chi connectivity index (χ2v) is 7.56. The Morgan fingerprint density at radius 2 is 1.85 bits per heavy atom. The monoisotopic (exact) mass is 398 g/mol. The first-order valence-corrected chi connectivity index (χ1v) is 9.32. The molecular weight excluding hydrogens is 384 g/mol. The number of nitrogens with one attached hydrogen (secondary N) is 1. The van der Waals surface area contributed by atoms with Gasteiger partial charge in [0.1, 0.15) is 5.84 Å². The average Bonchev–Trinajstić information content (AvgIpc) is 3.07. The predicted molar refractivity (Wildman–Crippen MR) is 111 cm³/mol. The van der Waals surface area contributed by atoms with E-state index in [2.05, 4.69) is 10.3 Å². The summed E-state index contributed by atoms with van der Waals surface area (Å²) in [6, 6.07) is 12.8. The molecule has 2 aromatic carbocycles. The van der Waals surface area contributed by atoms with Crippen molar-refractivity contribution >= 4 is 57.2 Å². The van der Waals surface area contributed by atoms with E-state index in [1.165, 1.54) is 0 Å². The molecule has 6 nitrogen and oxygen atoms in total. The third-order valence-corrected chi connectivity index (χ3v) is 5.35. The van der Waals surface area contributed by atoms with Gasteiger partial charge in [0, 0.05) is 19.1 Å². The van der Waals surface area contributed by atoms with Crippen molar-refractivity contribution in [2.75, 3.05) is 0 Å². The maximum absolute atomic E-state index is 12.1. The molecule has 1 saturated heterocycles. The third-order valence-electron chi connectivity index (χ3n) is 4.30. The van der Waals surface area contributed by atoms with E-state index in [9.17, 15) is 9.59 Å². The van der Waals surface area contributed by atoms with E-state index in [1.54, 1.807) is 41.4 Å². The van der Waals surface area contributed by atoms with E-state index in [0.717, 1.165) is 28.4 Å². The van der Waals surface area contributed by atoms with Crippen molar-refractivity contribution in [1.82, 2.24) is 14.5 Å². The zero-order valence-corrected chi connectivity index (χ0v) is 16.1. The first kappa shape index (κ1) is 17.6. The first-order valence-electron chi connectivity index (χ1n) is 8.13. The van der Waals surface area contributed by atoms with Crippen LogP contribution in [-0.4, -0.2) is 20.2 Å². The number of amides is 1. The van der Waals surface area contributed by atoms with Gasteiger partial charge in [-0.3, -0.25) is 13.9 Å². The van der Waals surface area contributed by atoms with Gasteiger partial charge in [0.15, 0.2) is 0 Å². The molecule has 0 unspecified atom stereocenters.